The molecule has 1 atom stereocenters. The molecule has 1 fully saturated rings. The number of carbonyl (C=O) groups excluding carboxylic acids is 1. The lowest BCUT2D eigenvalue weighted by molar-refractivity contribution is -0.124. The van der Waals surface area contributed by atoms with Gasteiger partial charge in [-0.3, -0.25) is 14.2 Å². The van der Waals surface area contributed by atoms with Gasteiger partial charge in [0, 0.05) is 11.3 Å². The summed E-state index contributed by atoms with van der Waals surface area (Å²) in [7, 11) is 0. The van der Waals surface area contributed by atoms with Crippen LogP contribution >= 0.6 is 0 Å². The lowest BCUT2D eigenvalue weighted by Gasteiger charge is -2.27. The third-order valence-electron chi connectivity index (χ3n) is 4.80. The van der Waals surface area contributed by atoms with Gasteiger partial charge in [0.15, 0.2) is 0 Å². The number of rotatable bonds is 2. The quantitative estimate of drug-likeness (QED) is 0.775. The van der Waals surface area contributed by atoms with Crippen molar-refractivity contribution in [3.05, 3.63) is 76.7 Å². The summed E-state index contributed by atoms with van der Waals surface area (Å²) in [5, 5.41) is 3.34. The monoisotopic (exact) mass is 345 g/mol. The van der Waals surface area contributed by atoms with Crippen LogP contribution in [0.1, 0.15) is 24.4 Å². The topological polar surface area (TPSA) is 64.0 Å². The number of aryl methyl sites for hydroxylation is 1. The fourth-order valence-electron chi connectivity index (χ4n) is 3.50. The molecule has 0 aliphatic carbocycles. The molecule has 4 rings (SSSR count). The van der Waals surface area contributed by atoms with E-state index >= 15 is 0 Å². The second kappa shape index (κ2) is 6.26. The largest absolute Gasteiger partial charge is 0.329 e. The average Bonchev–Trinajstić information content (AvgIpc) is 2.63. The fraction of sp³-hybridized carbons (Fsp3) is 0.190. The summed E-state index contributed by atoms with van der Waals surface area (Å²) in [6, 6.07) is 14.5. The molecule has 0 saturated carbocycles. The molecule has 1 aromatic heterocycles. The number of benzene rings is 2. The van der Waals surface area contributed by atoms with Crippen molar-refractivity contribution in [3.8, 4) is 11.4 Å². The summed E-state index contributed by atoms with van der Waals surface area (Å²) in [6.45, 7) is 5.71. The van der Waals surface area contributed by atoms with Crippen molar-refractivity contribution in [2.45, 2.75) is 25.8 Å². The molecule has 1 saturated heterocycles. The summed E-state index contributed by atoms with van der Waals surface area (Å²) in [4.78, 5) is 30.7. The normalized spacial score (nSPS) is 17.3. The number of amides is 1. The van der Waals surface area contributed by atoms with Gasteiger partial charge in [0.05, 0.1) is 10.9 Å². The maximum Gasteiger partial charge on any atom is 0.262 e. The van der Waals surface area contributed by atoms with Gasteiger partial charge >= 0.3 is 0 Å². The Kier molecular flexibility index (Phi) is 3.92. The zero-order valence-corrected chi connectivity index (χ0v) is 14.5. The van der Waals surface area contributed by atoms with Crippen molar-refractivity contribution in [2.75, 3.05) is 0 Å². The van der Waals surface area contributed by atoms with E-state index in [9.17, 15) is 9.59 Å². The Labute approximate surface area is 151 Å². The maximum atomic E-state index is 13.4. The second-order valence-corrected chi connectivity index (χ2v) is 6.59. The van der Waals surface area contributed by atoms with Gasteiger partial charge in [0.25, 0.3) is 5.56 Å². The smallest absolute Gasteiger partial charge is 0.262 e. The molecule has 0 radical (unpaired) electrons. The van der Waals surface area contributed by atoms with E-state index in [1.165, 1.54) is 0 Å². The van der Waals surface area contributed by atoms with Gasteiger partial charge in [-0.2, -0.15) is 0 Å². The maximum absolute atomic E-state index is 13.4. The highest BCUT2D eigenvalue weighted by Gasteiger charge is 2.30. The van der Waals surface area contributed by atoms with Crippen LogP contribution in [0.15, 0.2) is 65.6 Å². The van der Waals surface area contributed by atoms with Crippen LogP contribution in [0.5, 0.6) is 0 Å². The molecule has 0 spiro atoms. The molecule has 2 heterocycles. The second-order valence-electron chi connectivity index (χ2n) is 6.59. The van der Waals surface area contributed by atoms with Crippen molar-refractivity contribution in [1.29, 1.82) is 0 Å². The van der Waals surface area contributed by atoms with Crippen LogP contribution in [-0.2, 0) is 4.79 Å². The molecular weight excluding hydrogens is 326 g/mol. The summed E-state index contributed by atoms with van der Waals surface area (Å²) in [6.07, 6.45) is 1.17. The van der Waals surface area contributed by atoms with E-state index < -0.39 is 6.04 Å². The number of hydrogen-bond acceptors (Lipinski definition) is 3. The van der Waals surface area contributed by atoms with Crippen molar-refractivity contribution in [1.82, 2.24) is 14.9 Å². The molecule has 26 heavy (non-hydrogen) atoms. The molecule has 1 unspecified atom stereocenters. The Morgan fingerprint density at radius 2 is 1.88 bits per heavy atom. The number of nitrogens with zero attached hydrogens (tertiary/aromatic N) is 2. The molecule has 5 nitrogen and oxygen atoms in total. The number of aromatic nitrogens is 2. The number of nitrogens with one attached hydrogen (secondary N) is 1. The third-order valence-corrected chi connectivity index (χ3v) is 4.80. The highest BCUT2D eigenvalue weighted by atomic mass is 16.2. The van der Waals surface area contributed by atoms with Crippen LogP contribution in [0.2, 0.25) is 0 Å². The lowest BCUT2D eigenvalue weighted by Crippen LogP contribution is -2.41. The number of fused-ring (bicyclic) bond motifs is 1. The van der Waals surface area contributed by atoms with Gasteiger partial charge in [-0.15, -0.1) is 0 Å². The van der Waals surface area contributed by atoms with Crippen molar-refractivity contribution >= 4 is 16.8 Å². The van der Waals surface area contributed by atoms with Crippen LogP contribution in [0.3, 0.4) is 0 Å². The van der Waals surface area contributed by atoms with E-state index in [4.69, 9.17) is 4.98 Å². The minimum atomic E-state index is -0.597. The molecule has 3 aromatic rings. The van der Waals surface area contributed by atoms with Crippen LogP contribution in [0.4, 0.5) is 0 Å². The Morgan fingerprint density at radius 3 is 2.62 bits per heavy atom. The Bertz CT molecular complexity index is 1080. The molecule has 5 heteroatoms. The van der Waals surface area contributed by atoms with Gasteiger partial charge < -0.3 is 5.32 Å². The highest BCUT2D eigenvalue weighted by Crippen LogP contribution is 2.27. The Hall–Kier alpha value is -3.21. The van der Waals surface area contributed by atoms with Gasteiger partial charge in [-0.05, 0) is 31.4 Å². The summed E-state index contributed by atoms with van der Waals surface area (Å²) in [5.74, 6) is 0.302. The number of carbonyl (C=O) groups is 1. The van der Waals surface area contributed by atoms with E-state index in [0.29, 0.717) is 35.3 Å². The molecule has 1 N–H and O–H groups in total. The molecular formula is C21H19N3O2. The SMILES string of the molecule is C=C1CCC(n2c(-c3ccccc3)nc3cccc(C)c3c2=O)C(=O)N1. The number of allylic oxidation sites excluding steroid dienone is 1. The number of hydrogen-bond donors (Lipinski definition) is 1. The van der Waals surface area contributed by atoms with Crippen LogP contribution in [0, 0.1) is 6.92 Å². The predicted molar refractivity (Wildman–Crippen MR) is 102 cm³/mol. The van der Waals surface area contributed by atoms with E-state index in [-0.39, 0.29) is 11.5 Å². The predicted octanol–water partition coefficient (Wildman–Crippen LogP) is 3.34. The van der Waals surface area contributed by atoms with Crippen molar-refractivity contribution < 1.29 is 4.79 Å². The highest BCUT2D eigenvalue weighted by molar-refractivity contribution is 5.86. The van der Waals surface area contributed by atoms with E-state index in [1.54, 1.807) is 4.57 Å². The van der Waals surface area contributed by atoms with Crippen LogP contribution < -0.4 is 10.9 Å². The first-order valence-electron chi connectivity index (χ1n) is 8.62. The van der Waals surface area contributed by atoms with E-state index in [2.05, 4.69) is 11.9 Å². The first-order chi connectivity index (χ1) is 12.6. The van der Waals surface area contributed by atoms with Gasteiger partial charge in [0.1, 0.15) is 11.9 Å². The zero-order valence-electron chi connectivity index (χ0n) is 14.5. The minimum absolute atomic E-state index is 0.181. The van der Waals surface area contributed by atoms with Gasteiger partial charge in [-0.25, -0.2) is 4.98 Å². The molecule has 1 aliphatic rings. The minimum Gasteiger partial charge on any atom is -0.329 e. The fourth-order valence-corrected chi connectivity index (χ4v) is 3.50. The first kappa shape index (κ1) is 16.3. The Morgan fingerprint density at radius 1 is 1.12 bits per heavy atom. The first-order valence-corrected chi connectivity index (χ1v) is 8.62. The number of piperidine rings is 1. The molecule has 0 bridgehead atoms. The molecule has 2 aromatic carbocycles. The summed E-state index contributed by atoms with van der Waals surface area (Å²) in [5.41, 5.74) is 2.81. The molecule has 1 amide bonds. The molecule has 1 aliphatic heterocycles. The van der Waals surface area contributed by atoms with Crippen molar-refractivity contribution in [2.24, 2.45) is 0 Å². The van der Waals surface area contributed by atoms with Crippen LogP contribution in [-0.4, -0.2) is 15.5 Å². The summed E-state index contributed by atoms with van der Waals surface area (Å²) >= 11 is 0. The van der Waals surface area contributed by atoms with Crippen LogP contribution in [0.25, 0.3) is 22.3 Å². The lowest BCUT2D eigenvalue weighted by atomic mass is 10.0. The third kappa shape index (κ3) is 2.62. The average molecular weight is 345 g/mol. The standard InChI is InChI=1S/C21H19N3O2/c1-13-7-6-10-16-18(13)21(26)24(17-12-11-14(2)22-20(17)25)19(23-16)15-8-4-3-5-9-15/h3-10,17H,2,11-12H2,1H3,(H,22,25). The Balaban J connectivity index is 2.04. The summed E-state index contributed by atoms with van der Waals surface area (Å²) < 4.78 is 1.55. The molecule has 130 valence electrons. The van der Waals surface area contributed by atoms with Crippen molar-refractivity contribution in [3.63, 3.8) is 0 Å². The van der Waals surface area contributed by atoms with Gasteiger partial charge in [-0.1, -0.05) is 49.0 Å². The zero-order chi connectivity index (χ0) is 18.3. The van der Waals surface area contributed by atoms with Gasteiger partial charge in [0.2, 0.25) is 5.91 Å². The van der Waals surface area contributed by atoms with E-state index in [1.807, 2.05) is 55.5 Å². The van der Waals surface area contributed by atoms with E-state index in [0.717, 1.165) is 11.1 Å².